The lowest BCUT2D eigenvalue weighted by Crippen LogP contribution is -2.22. The van der Waals surface area contributed by atoms with E-state index in [0.717, 1.165) is 25.7 Å². The molecule has 0 spiro atoms. The van der Waals surface area contributed by atoms with Gasteiger partial charge in [-0.1, -0.05) is 25.7 Å². The minimum atomic E-state index is -0.185. The first kappa shape index (κ1) is 46.5. The molecule has 0 saturated heterocycles. The second kappa shape index (κ2) is 23.9. The van der Waals surface area contributed by atoms with Crippen LogP contribution in [0, 0.1) is 0 Å². The number of hydrogen-bond donors (Lipinski definition) is 10. The molecule has 2 aromatic carbocycles. The Kier molecular flexibility index (Phi) is 20.2. The molecule has 55 heavy (non-hydrogen) atoms. The number of nitrogens with one attached hydrogen (secondary N) is 2. The third-order valence-corrected chi connectivity index (χ3v) is 7.42. The van der Waals surface area contributed by atoms with Gasteiger partial charge < -0.3 is 56.5 Å². The average molecular weight is 781 g/mol. The highest BCUT2D eigenvalue weighted by molar-refractivity contribution is 6.07. The first-order chi connectivity index (χ1) is 25.5. The number of benzene rings is 2. The zero-order valence-electron chi connectivity index (χ0n) is 31.5. The summed E-state index contributed by atoms with van der Waals surface area (Å²) >= 11 is 0. The smallest absolute Gasteiger partial charge is 0.224 e. The highest BCUT2D eigenvalue weighted by Gasteiger charge is 2.12. The maximum Gasteiger partial charge on any atom is 0.224 e. The number of unbranched alkanes of at least 4 members (excludes halogenated alkanes) is 5. The van der Waals surface area contributed by atoms with Crippen LogP contribution < -0.4 is 56.5 Å². The summed E-state index contributed by atoms with van der Waals surface area (Å²) in [5.74, 6) is -1.03. The van der Waals surface area contributed by atoms with E-state index in [1.54, 1.807) is 64.1 Å². The van der Waals surface area contributed by atoms with Gasteiger partial charge in [0.15, 0.2) is 0 Å². The average Bonchev–Trinajstić information content (AvgIpc) is 3.11. The molecule has 0 bridgehead atoms. The van der Waals surface area contributed by atoms with Crippen LogP contribution in [-0.4, -0.2) is 58.5 Å². The summed E-state index contributed by atoms with van der Waals surface area (Å²) in [6.07, 6.45) is 5.62. The van der Waals surface area contributed by atoms with Gasteiger partial charge in [-0.25, -0.2) is 0 Å². The number of carbonyl (C=O) groups excluding carboxylic acids is 2. The Balaban J connectivity index is 0.0000151. The van der Waals surface area contributed by atoms with Gasteiger partial charge in [-0.15, -0.1) is 32.8 Å². The minimum absolute atomic E-state index is 0. The van der Waals surface area contributed by atoms with Crippen LogP contribution in [-0.2, 0) is 9.59 Å². The summed E-state index contributed by atoms with van der Waals surface area (Å²) < 4.78 is 0. The molecule has 0 aromatic heterocycles. The van der Waals surface area contributed by atoms with Gasteiger partial charge in [-0.2, -0.15) is 20.4 Å². The quantitative estimate of drug-likeness (QED) is 0.0426. The number of anilines is 2. The van der Waals surface area contributed by atoms with Crippen molar-refractivity contribution < 1.29 is 9.59 Å². The van der Waals surface area contributed by atoms with Gasteiger partial charge in [0.2, 0.25) is 35.7 Å². The first-order valence-corrected chi connectivity index (χ1v) is 17.0. The third kappa shape index (κ3) is 18.7. The van der Waals surface area contributed by atoms with E-state index in [9.17, 15) is 9.59 Å². The topological polar surface area (TPSA) is 365 Å². The molecule has 18 N–H and O–H groups in total. The number of rotatable bonds is 19. The molecule has 20 nitrogen and oxygen atoms in total. The van der Waals surface area contributed by atoms with E-state index >= 15 is 0 Å². The number of nitrogens with zero attached hydrogens (tertiary/aromatic N) is 8. The van der Waals surface area contributed by atoms with Crippen molar-refractivity contribution >= 4 is 82.3 Å². The van der Waals surface area contributed by atoms with Crippen molar-refractivity contribution in [3.8, 4) is 0 Å². The van der Waals surface area contributed by atoms with E-state index in [4.69, 9.17) is 45.9 Å². The predicted octanol–water partition coefficient (Wildman–Crippen LogP) is 1.80. The second-order valence-corrected chi connectivity index (χ2v) is 12.2. The van der Waals surface area contributed by atoms with Crippen molar-refractivity contribution in [1.82, 2.24) is 0 Å². The number of halogens is 1. The van der Waals surface area contributed by atoms with Crippen LogP contribution in [0.5, 0.6) is 0 Å². The Morgan fingerprint density at radius 3 is 0.891 bits per heavy atom. The standard InChI is InChI=1S/C34H52N18O2.ClH/c1-19(45-49-31(35)36)23-13-24(20(2)46-50-32(37)38)16-27(15-23)43-29(53)11-9-7-5-6-8-10-12-30(54)44-28-17-25(21(3)47-51-33(39)40)14-26(18-28)22(4)48-52-34(41)42;/h13-18H,5-12H2,1-4H3,(H,43,53)(H,44,54)(H4,35,36,49)(H4,37,38,50)(H4,39,40,51)(H4,41,42,52);1H/b45-19+,46-20+,47-21+,48-22+;. The van der Waals surface area contributed by atoms with E-state index in [1.807, 2.05) is 0 Å². The molecule has 0 unspecified atom stereocenters. The molecule has 0 atom stereocenters. The Morgan fingerprint density at radius 2 is 0.655 bits per heavy atom. The lowest BCUT2D eigenvalue weighted by atomic mass is 10.0. The van der Waals surface area contributed by atoms with Crippen molar-refractivity contribution in [3.05, 3.63) is 58.7 Å². The van der Waals surface area contributed by atoms with Crippen molar-refractivity contribution in [3.63, 3.8) is 0 Å². The van der Waals surface area contributed by atoms with E-state index in [-0.39, 0.29) is 48.1 Å². The van der Waals surface area contributed by atoms with Gasteiger partial charge in [0.1, 0.15) is 0 Å². The fourth-order valence-corrected chi connectivity index (χ4v) is 4.72. The molecule has 0 aliphatic rings. The van der Waals surface area contributed by atoms with Gasteiger partial charge in [-0.05, 0) is 76.9 Å². The largest absolute Gasteiger partial charge is 0.369 e. The van der Waals surface area contributed by atoms with Crippen LogP contribution in [0.3, 0.4) is 0 Å². The molecule has 0 heterocycles. The first-order valence-electron chi connectivity index (χ1n) is 17.0. The summed E-state index contributed by atoms with van der Waals surface area (Å²) in [6, 6.07) is 10.7. The zero-order valence-corrected chi connectivity index (χ0v) is 32.4. The summed E-state index contributed by atoms with van der Waals surface area (Å²) in [5.41, 5.74) is 49.0. The summed E-state index contributed by atoms with van der Waals surface area (Å²) in [6.45, 7) is 6.92. The maximum atomic E-state index is 12.8. The second-order valence-electron chi connectivity index (χ2n) is 12.2. The van der Waals surface area contributed by atoms with Crippen LogP contribution in [0.15, 0.2) is 77.2 Å². The fourth-order valence-electron chi connectivity index (χ4n) is 4.72. The zero-order chi connectivity index (χ0) is 40.2. The Hall–Kier alpha value is -6.57. The number of nitrogens with two attached hydrogens (primary N) is 8. The molecule has 2 aromatic rings. The van der Waals surface area contributed by atoms with E-state index in [2.05, 4.69) is 51.4 Å². The molecule has 2 amide bonds. The van der Waals surface area contributed by atoms with Crippen molar-refractivity contribution in [2.24, 2.45) is 86.7 Å². The van der Waals surface area contributed by atoms with Gasteiger partial charge in [0, 0.05) is 46.5 Å². The van der Waals surface area contributed by atoms with Crippen molar-refractivity contribution in [1.29, 1.82) is 0 Å². The summed E-state index contributed by atoms with van der Waals surface area (Å²) in [4.78, 5) is 25.7. The van der Waals surface area contributed by atoms with Crippen LogP contribution in [0.2, 0.25) is 0 Å². The predicted molar refractivity (Wildman–Crippen MR) is 226 cm³/mol. The maximum absolute atomic E-state index is 12.8. The molecule has 0 fully saturated rings. The van der Waals surface area contributed by atoms with Crippen molar-refractivity contribution in [2.45, 2.75) is 79.1 Å². The highest BCUT2D eigenvalue weighted by Crippen LogP contribution is 2.20. The Morgan fingerprint density at radius 1 is 0.418 bits per heavy atom. The molecule has 21 heteroatoms. The molecular weight excluding hydrogens is 728 g/mol. The molecule has 0 radical (unpaired) electrons. The van der Waals surface area contributed by atoms with E-state index < -0.39 is 0 Å². The van der Waals surface area contributed by atoms with E-state index in [0.29, 0.717) is 82.2 Å². The molecule has 298 valence electrons. The number of hydrogen-bond acceptors (Lipinski definition) is 10. The van der Waals surface area contributed by atoms with Gasteiger partial charge in [0.05, 0.1) is 22.8 Å². The summed E-state index contributed by atoms with van der Waals surface area (Å²) in [7, 11) is 0. The molecule has 0 aliphatic heterocycles. The number of amides is 2. The minimum Gasteiger partial charge on any atom is -0.369 e. The SMILES string of the molecule is C/C(=N\N=C(N)N)c1cc(NC(=O)CCCCCCCCC(=O)Nc2cc(/C(C)=N/N=C(N)N)cc(/C(C)=N/N=C(N)N)c2)cc(/C(C)=N/N=C(N)N)c1.Cl. The van der Waals surface area contributed by atoms with Crippen LogP contribution in [0.4, 0.5) is 11.4 Å². The van der Waals surface area contributed by atoms with Gasteiger partial charge in [-0.3, -0.25) is 9.59 Å². The van der Waals surface area contributed by atoms with Crippen LogP contribution in [0.25, 0.3) is 0 Å². The molecular formula is C34H53ClN18O2. The number of carbonyl (C=O) groups is 2. The van der Waals surface area contributed by atoms with E-state index in [1.165, 1.54) is 0 Å². The molecule has 0 aliphatic carbocycles. The molecule has 0 saturated carbocycles. The lowest BCUT2D eigenvalue weighted by molar-refractivity contribution is -0.117. The van der Waals surface area contributed by atoms with Crippen molar-refractivity contribution in [2.75, 3.05) is 10.6 Å². The third-order valence-electron chi connectivity index (χ3n) is 7.42. The lowest BCUT2D eigenvalue weighted by Gasteiger charge is -2.11. The Labute approximate surface area is 326 Å². The Bertz CT molecular complexity index is 1640. The molecule has 2 rings (SSSR count). The fraction of sp³-hybridized carbons (Fsp3) is 0.353. The monoisotopic (exact) mass is 780 g/mol. The van der Waals surface area contributed by atoms with Gasteiger partial charge in [0.25, 0.3) is 0 Å². The van der Waals surface area contributed by atoms with Gasteiger partial charge >= 0.3 is 0 Å². The van der Waals surface area contributed by atoms with Crippen LogP contribution in [0.1, 0.15) is 101 Å². The van der Waals surface area contributed by atoms with Crippen LogP contribution >= 0.6 is 12.4 Å². The normalized spacial score (nSPS) is 11.8. The number of guanidine groups is 4. The highest BCUT2D eigenvalue weighted by atomic mass is 35.5. The summed E-state index contributed by atoms with van der Waals surface area (Å²) in [5, 5.41) is 36.8.